The summed E-state index contributed by atoms with van der Waals surface area (Å²) >= 11 is 0. The van der Waals surface area contributed by atoms with Crippen molar-refractivity contribution in [2.75, 3.05) is 6.54 Å². The average Bonchev–Trinajstić information content (AvgIpc) is 2.89. The summed E-state index contributed by atoms with van der Waals surface area (Å²) in [5, 5.41) is 3.29. The van der Waals surface area contributed by atoms with E-state index in [1.165, 1.54) is 0 Å². The van der Waals surface area contributed by atoms with E-state index in [-0.39, 0.29) is 6.04 Å². The minimum atomic E-state index is 0.190. The average molecular weight is 225 g/mol. The van der Waals surface area contributed by atoms with E-state index in [1.807, 2.05) is 42.5 Å². The van der Waals surface area contributed by atoms with Crippen LogP contribution in [-0.2, 0) is 0 Å². The highest BCUT2D eigenvalue weighted by Crippen LogP contribution is 2.11. The number of hydrogen-bond acceptors (Lipinski definition) is 2. The third-order valence-electron chi connectivity index (χ3n) is 2.47. The molecule has 1 atom stereocenters. The maximum Gasteiger partial charge on any atom is 0.120 e. The molecule has 2 nitrogen and oxygen atoms in total. The third kappa shape index (κ3) is 3.51. The van der Waals surface area contributed by atoms with Crippen LogP contribution >= 0.6 is 0 Å². The first-order valence-corrected chi connectivity index (χ1v) is 5.67. The maximum atomic E-state index is 5.30. The Hall–Kier alpha value is -1.98. The highest BCUT2D eigenvalue weighted by molar-refractivity contribution is 5.33. The zero-order valence-electron chi connectivity index (χ0n) is 9.81. The molecule has 0 aliphatic heterocycles. The topological polar surface area (TPSA) is 25.2 Å². The van der Waals surface area contributed by atoms with Crippen LogP contribution in [0.4, 0.5) is 0 Å². The number of hydrogen-bond donors (Lipinski definition) is 1. The lowest BCUT2D eigenvalue weighted by Gasteiger charge is -2.07. The Morgan fingerprint density at radius 1 is 1.18 bits per heavy atom. The van der Waals surface area contributed by atoms with E-state index < -0.39 is 0 Å². The molecular weight excluding hydrogens is 210 g/mol. The highest BCUT2D eigenvalue weighted by atomic mass is 16.3. The van der Waals surface area contributed by atoms with Gasteiger partial charge in [-0.2, -0.15) is 0 Å². The van der Waals surface area contributed by atoms with Crippen LogP contribution < -0.4 is 5.32 Å². The second kappa shape index (κ2) is 5.93. The van der Waals surface area contributed by atoms with Gasteiger partial charge in [-0.1, -0.05) is 30.0 Å². The number of rotatable bonds is 3. The number of benzene rings is 1. The van der Waals surface area contributed by atoms with E-state index in [9.17, 15) is 0 Å². The Morgan fingerprint density at radius 3 is 2.71 bits per heavy atom. The molecule has 0 fully saturated rings. The van der Waals surface area contributed by atoms with Crippen LogP contribution in [0.1, 0.15) is 24.3 Å². The van der Waals surface area contributed by atoms with Crippen LogP contribution in [0.25, 0.3) is 0 Å². The molecule has 0 aliphatic carbocycles. The molecule has 17 heavy (non-hydrogen) atoms. The molecular formula is C15H15NO. The Bertz CT molecular complexity index is 491. The summed E-state index contributed by atoms with van der Waals surface area (Å²) in [6, 6.07) is 14.0. The fourth-order valence-corrected chi connectivity index (χ4v) is 1.51. The molecule has 2 heteroatoms. The lowest BCUT2D eigenvalue weighted by atomic mass is 10.2. The lowest BCUT2D eigenvalue weighted by Crippen LogP contribution is -2.18. The summed E-state index contributed by atoms with van der Waals surface area (Å²) < 4.78 is 5.30. The van der Waals surface area contributed by atoms with Crippen LogP contribution in [0, 0.1) is 11.8 Å². The lowest BCUT2D eigenvalue weighted by molar-refractivity contribution is 0.443. The van der Waals surface area contributed by atoms with Crippen molar-refractivity contribution in [1.29, 1.82) is 0 Å². The summed E-state index contributed by atoms with van der Waals surface area (Å²) in [5.41, 5.74) is 1.04. The Morgan fingerprint density at radius 2 is 2.00 bits per heavy atom. The first kappa shape index (κ1) is 11.5. The van der Waals surface area contributed by atoms with Crippen molar-refractivity contribution in [3.63, 3.8) is 0 Å². The zero-order valence-corrected chi connectivity index (χ0v) is 9.81. The minimum absolute atomic E-state index is 0.190. The van der Waals surface area contributed by atoms with Crippen molar-refractivity contribution < 1.29 is 4.42 Å². The van der Waals surface area contributed by atoms with E-state index in [1.54, 1.807) is 6.26 Å². The van der Waals surface area contributed by atoms with Gasteiger partial charge >= 0.3 is 0 Å². The molecule has 0 saturated heterocycles. The summed E-state index contributed by atoms with van der Waals surface area (Å²) in [5.74, 6) is 7.13. The summed E-state index contributed by atoms with van der Waals surface area (Å²) in [6.45, 7) is 2.71. The van der Waals surface area contributed by atoms with E-state index in [2.05, 4.69) is 24.1 Å². The predicted molar refractivity (Wildman–Crippen MR) is 68.4 cm³/mol. The first-order valence-electron chi connectivity index (χ1n) is 5.67. The van der Waals surface area contributed by atoms with Gasteiger partial charge in [0, 0.05) is 5.56 Å². The minimum Gasteiger partial charge on any atom is -0.468 e. The third-order valence-corrected chi connectivity index (χ3v) is 2.47. The van der Waals surface area contributed by atoms with Gasteiger partial charge in [0.15, 0.2) is 0 Å². The second-order valence-corrected chi connectivity index (χ2v) is 3.79. The standard InChI is InChI=1S/C15H15NO/c1-13(15-10-6-12-17-15)16-11-5-9-14-7-3-2-4-8-14/h2-4,6-8,10,12-13,16H,11H2,1H3/t13-/m0/s1. The molecule has 1 heterocycles. The van der Waals surface area contributed by atoms with Crippen molar-refractivity contribution in [1.82, 2.24) is 5.32 Å². The Kier molecular flexibility index (Phi) is 4.01. The summed E-state index contributed by atoms with van der Waals surface area (Å²) in [6.07, 6.45) is 1.68. The highest BCUT2D eigenvalue weighted by Gasteiger charge is 2.04. The zero-order chi connectivity index (χ0) is 11.9. The fraction of sp³-hybridized carbons (Fsp3) is 0.200. The van der Waals surface area contributed by atoms with E-state index >= 15 is 0 Å². The molecule has 0 bridgehead atoms. The van der Waals surface area contributed by atoms with Gasteiger partial charge in [-0.3, -0.25) is 5.32 Å². The van der Waals surface area contributed by atoms with Crippen LogP contribution in [0.3, 0.4) is 0 Å². The molecule has 2 aromatic rings. The van der Waals surface area contributed by atoms with Gasteiger partial charge in [-0.05, 0) is 31.2 Å². The van der Waals surface area contributed by atoms with Crippen LogP contribution in [0.5, 0.6) is 0 Å². The SMILES string of the molecule is C[C@H](NCC#Cc1ccccc1)c1ccco1. The van der Waals surface area contributed by atoms with Crippen molar-refractivity contribution in [2.24, 2.45) is 0 Å². The normalized spacial score (nSPS) is 11.6. The van der Waals surface area contributed by atoms with Gasteiger partial charge in [0.05, 0.1) is 18.8 Å². The monoisotopic (exact) mass is 225 g/mol. The number of furan rings is 1. The van der Waals surface area contributed by atoms with E-state index in [0.717, 1.165) is 11.3 Å². The molecule has 0 saturated carbocycles. The van der Waals surface area contributed by atoms with Gasteiger partial charge in [0.1, 0.15) is 5.76 Å². The van der Waals surface area contributed by atoms with Crippen molar-refractivity contribution >= 4 is 0 Å². The van der Waals surface area contributed by atoms with Crippen LogP contribution in [-0.4, -0.2) is 6.54 Å². The maximum absolute atomic E-state index is 5.30. The fourth-order valence-electron chi connectivity index (χ4n) is 1.51. The summed E-state index contributed by atoms with van der Waals surface area (Å²) in [4.78, 5) is 0. The van der Waals surface area contributed by atoms with E-state index in [4.69, 9.17) is 4.42 Å². The Labute approximate surface area is 102 Å². The molecule has 0 radical (unpaired) electrons. The molecule has 0 aliphatic rings. The van der Waals surface area contributed by atoms with Crippen LogP contribution in [0.2, 0.25) is 0 Å². The van der Waals surface area contributed by atoms with Crippen LogP contribution in [0.15, 0.2) is 53.1 Å². The first-order chi connectivity index (χ1) is 8.36. The van der Waals surface area contributed by atoms with Gasteiger partial charge in [0.25, 0.3) is 0 Å². The van der Waals surface area contributed by atoms with Crippen molar-refractivity contribution in [3.8, 4) is 11.8 Å². The van der Waals surface area contributed by atoms with Crippen molar-refractivity contribution in [2.45, 2.75) is 13.0 Å². The molecule has 1 aromatic carbocycles. The molecule has 86 valence electrons. The van der Waals surface area contributed by atoms with Gasteiger partial charge in [0.2, 0.25) is 0 Å². The molecule has 1 aromatic heterocycles. The molecule has 1 N–H and O–H groups in total. The molecule has 0 unspecified atom stereocenters. The molecule has 0 spiro atoms. The quantitative estimate of drug-likeness (QED) is 0.812. The largest absolute Gasteiger partial charge is 0.468 e. The van der Waals surface area contributed by atoms with Gasteiger partial charge in [-0.15, -0.1) is 0 Å². The van der Waals surface area contributed by atoms with Gasteiger partial charge < -0.3 is 4.42 Å². The second-order valence-electron chi connectivity index (χ2n) is 3.79. The smallest absolute Gasteiger partial charge is 0.120 e. The predicted octanol–water partition coefficient (Wildman–Crippen LogP) is 2.98. The molecule has 2 rings (SSSR count). The van der Waals surface area contributed by atoms with Crippen molar-refractivity contribution in [3.05, 3.63) is 60.1 Å². The van der Waals surface area contributed by atoms with E-state index in [0.29, 0.717) is 6.54 Å². The summed E-state index contributed by atoms with van der Waals surface area (Å²) in [7, 11) is 0. The number of nitrogens with one attached hydrogen (secondary N) is 1. The Balaban J connectivity index is 1.82. The van der Waals surface area contributed by atoms with Gasteiger partial charge in [-0.25, -0.2) is 0 Å². The molecule has 0 amide bonds.